The SMILES string of the molecule is CCOc1ccc2nc(-c3cc(N)n[nH]3)sc2c1. The summed E-state index contributed by atoms with van der Waals surface area (Å²) >= 11 is 1.59. The molecule has 0 radical (unpaired) electrons. The molecule has 0 amide bonds. The maximum Gasteiger partial charge on any atom is 0.145 e. The molecule has 3 aromatic rings. The van der Waals surface area contributed by atoms with Crippen molar-refractivity contribution >= 4 is 27.4 Å². The molecule has 0 bridgehead atoms. The van der Waals surface area contributed by atoms with Crippen LogP contribution in [0.3, 0.4) is 0 Å². The molecule has 0 spiro atoms. The van der Waals surface area contributed by atoms with Crippen LogP contribution >= 0.6 is 11.3 Å². The molecule has 0 aliphatic carbocycles. The van der Waals surface area contributed by atoms with Crippen LogP contribution in [0.2, 0.25) is 0 Å². The van der Waals surface area contributed by atoms with Gasteiger partial charge in [-0.05, 0) is 25.1 Å². The van der Waals surface area contributed by atoms with Gasteiger partial charge in [-0.3, -0.25) is 5.10 Å². The van der Waals surface area contributed by atoms with E-state index in [1.165, 1.54) is 0 Å². The first-order chi connectivity index (χ1) is 8.76. The first-order valence-electron chi connectivity index (χ1n) is 5.61. The number of aromatic nitrogens is 3. The average Bonchev–Trinajstić information content (AvgIpc) is 2.94. The summed E-state index contributed by atoms with van der Waals surface area (Å²) in [7, 11) is 0. The van der Waals surface area contributed by atoms with Gasteiger partial charge in [-0.25, -0.2) is 4.98 Å². The van der Waals surface area contributed by atoms with Crippen molar-refractivity contribution in [3.05, 3.63) is 24.3 Å². The van der Waals surface area contributed by atoms with Gasteiger partial charge in [-0.2, -0.15) is 5.10 Å². The second-order valence-corrected chi connectivity index (χ2v) is 4.82. The van der Waals surface area contributed by atoms with Gasteiger partial charge in [0.1, 0.15) is 16.6 Å². The molecule has 6 heteroatoms. The van der Waals surface area contributed by atoms with Gasteiger partial charge in [0.05, 0.1) is 22.5 Å². The highest BCUT2D eigenvalue weighted by Gasteiger charge is 2.09. The summed E-state index contributed by atoms with van der Waals surface area (Å²) in [6.45, 7) is 2.63. The predicted molar refractivity (Wildman–Crippen MR) is 72.8 cm³/mol. The van der Waals surface area contributed by atoms with Gasteiger partial charge in [0.2, 0.25) is 0 Å². The van der Waals surface area contributed by atoms with Crippen LogP contribution in [0, 0.1) is 0 Å². The van der Waals surface area contributed by atoms with Gasteiger partial charge in [0.15, 0.2) is 0 Å². The Hall–Kier alpha value is -2.08. The highest BCUT2D eigenvalue weighted by atomic mass is 32.1. The highest BCUT2D eigenvalue weighted by molar-refractivity contribution is 7.21. The van der Waals surface area contributed by atoms with Crippen LogP contribution < -0.4 is 10.5 Å². The minimum atomic E-state index is 0.472. The zero-order valence-electron chi connectivity index (χ0n) is 9.80. The summed E-state index contributed by atoms with van der Waals surface area (Å²) in [5, 5.41) is 7.65. The minimum absolute atomic E-state index is 0.472. The zero-order valence-corrected chi connectivity index (χ0v) is 10.6. The lowest BCUT2D eigenvalue weighted by atomic mass is 10.3. The number of fused-ring (bicyclic) bond motifs is 1. The number of aromatic amines is 1. The summed E-state index contributed by atoms with van der Waals surface area (Å²) in [5.41, 5.74) is 7.38. The molecule has 0 atom stereocenters. The number of nitrogen functional groups attached to an aromatic ring is 1. The van der Waals surface area contributed by atoms with E-state index in [1.54, 1.807) is 17.4 Å². The van der Waals surface area contributed by atoms with Gasteiger partial charge < -0.3 is 10.5 Å². The Morgan fingerprint density at radius 2 is 2.28 bits per heavy atom. The molecule has 0 saturated carbocycles. The van der Waals surface area contributed by atoms with Crippen molar-refractivity contribution in [2.24, 2.45) is 0 Å². The van der Waals surface area contributed by atoms with Gasteiger partial charge in [-0.15, -0.1) is 11.3 Å². The smallest absolute Gasteiger partial charge is 0.145 e. The van der Waals surface area contributed by atoms with Gasteiger partial charge in [-0.1, -0.05) is 0 Å². The lowest BCUT2D eigenvalue weighted by Crippen LogP contribution is -1.89. The van der Waals surface area contributed by atoms with Crippen molar-refractivity contribution in [3.8, 4) is 16.5 Å². The molecule has 0 unspecified atom stereocenters. The van der Waals surface area contributed by atoms with Crippen LogP contribution in [0.15, 0.2) is 24.3 Å². The van der Waals surface area contributed by atoms with E-state index in [4.69, 9.17) is 10.5 Å². The second kappa shape index (κ2) is 4.30. The first kappa shape index (κ1) is 11.0. The van der Waals surface area contributed by atoms with Crippen molar-refractivity contribution in [1.29, 1.82) is 0 Å². The van der Waals surface area contributed by atoms with Gasteiger partial charge >= 0.3 is 0 Å². The maximum absolute atomic E-state index is 5.59. The number of nitrogens with two attached hydrogens (primary N) is 1. The monoisotopic (exact) mass is 260 g/mol. The molecular weight excluding hydrogens is 248 g/mol. The van der Waals surface area contributed by atoms with Crippen molar-refractivity contribution in [1.82, 2.24) is 15.2 Å². The van der Waals surface area contributed by atoms with Crippen molar-refractivity contribution in [3.63, 3.8) is 0 Å². The topological polar surface area (TPSA) is 76.8 Å². The fraction of sp³-hybridized carbons (Fsp3) is 0.167. The van der Waals surface area contributed by atoms with Crippen molar-refractivity contribution in [2.45, 2.75) is 6.92 Å². The third-order valence-electron chi connectivity index (χ3n) is 2.50. The Morgan fingerprint density at radius 3 is 3.00 bits per heavy atom. The molecule has 0 aliphatic rings. The Balaban J connectivity index is 2.05. The summed E-state index contributed by atoms with van der Waals surface area (Å²) in [5.74, 6) is 1.34. The first-order valence-corrected chi connectivity index (χ1v) is 6.42. The van der Waals surface area contributed by atoms with Crippen LogP contribution in [-0.4, -0.2) is 21.8 Å². The van der Waals surface area contributed by atoms with E-state index in [0.29, 0.717) is 12.4 Å². The fourth-order valence-electron chi connectivity index (χ4n) is 1.72. The normalized spacial score (nSPS) is 10.9. The van der Waals surface area contributed by atoms with Crippen molar-refractivity contribution in [2.75, 3.05) is 12.3 Å². The number of thiazole rings is 1. The second-order valence-electron chi connectivity index (χ2n) is 3.79. The number of ether oxygens (including phenoxy) is 1. The molecule has 5 nitrogen and oxygen atoms in total. The third kappa shape index (κ3) is 1.91. The molecule has 0 saturated heterocycles. The van der Waals surface area contributed by atoms with Crippen LogP contribution in [0.5, 0.6) is 5.75 Å². The van der Waals surface area contributed by atoms with Crippen LogP contribution in [-0.2, 0) is 0 Å². The van der Waals surface area contributed by atoms with E-state index in [-0.39, 0.29) is 0 Å². The van der Waals surface area contributed by atoms with E-state index < -0.39 is 0 Å². The Bertz CT molecular complexity index is 688. The lowest BCUT2D eigenvalue weighted by molar-refractivity contribution is 0.341. The van der Waals surface area contributed by atoms with Gasteiger partial charge in [0.25, 0.3) is 0 Å². The Kier molecular flexibility index (Phi) is 2.64. The van der Waals surface area contributed by atoms with E-state index in [0.717, 1.165) is 26.7 Å². The summed E-state index contributed by atoms with van der Waals surface area (Å²) in [6.07, 6.45) is 0. The Morgan fingerprint density at radius 1 is 1.39 bits per heavy atom. The summed E-state index contributed by atoms with van der Waals surface area (Å²) < 4.78 is 6.56. The van der Waals surface area contributed by atoms with Crippen LogP contribution in [0.4, 0.5) is 5.82 Å². The molecule has 2 heterocycles. The number of H-pyrrole nitrogens is 1. The number of hydrogen-bond donors (Lipinski definition) is 2. The summed E-state index contributed by atoms with van der Waals surface area (Å²) in [4.78, 5) is 4.53. The third-order valence-corrected chi connectivity index (χ3v) is 3.55. The molecule has 18 heavy (non-hydrogen) atoms. The maximum atomic E-state index is 5.59. The molecule has 0 aliphatic heterocycles. The van der Waals surface area contributed by atoms with E-state index in [2.05, 4.69) is 15.2 Å². The fourth-order valence-corrected chi connectivity index (χ4v) is 2.68. The number of rotatable bonds is 3. The average molecular weight is 260 g/mol. The van der Waals surface area contributed by atoms with Crippen molar-refractivity contribution < 1.29 is 4.74 Å². The van der Waals surface area contributed by atoms with Crippen LogP contribution in [0.25, 0.3) is 20.9 Å². The number of nitrogens with one attached hydrogen (secondary N) is 1. The lowest BCUT2D eigenvalue weighted by Gasteiger charge is -2.00. The highest BCUT2D eigenvalue weighted by Crippen LogP contribution is 2.31. The molecule has 3 rings (SSSR count). The molecule has 2 aromatic heterocycles. The van der Waals surface area contributed by atoms with Crippen LogP contribution in [0.1, 0.15) is 6.92 Å². The zero-order chi connectivity index (χ0) is 12.5. The quantitative estimate of drug-likeness (QED) is 0.759. The summed E-state index contributed by atoms with van der Waals surface area (Å²) in [6, 6.07) is 7.66. The number of hydrogen-bond acceptors (Lipinski definition) is 5. The molecule has 1 aromatic carbocycles. The number of nitrogens with zero attached hydrogens (tertiary/aromatic N) is 2. The minimum Gasteiger partial charge on any atom is -0.494 e. The van der Waals surface area contributed by atoms with E-state index in [1.807, 2.05) is 25.1 Å². The standard InChI is InChI=1S/C12H12N4OS/c1-2-17-7-3-4-8-10(5-7)18-12(14-8)9-6-11(13)16-15-9/h3-6H,2H2,1H3,(H3,13,15,16). The molecule has 92 valence electrons. The van der Waals surface area contributed by atoms with Gasteiger partial charge in [0, 0.05) is 6.07 Å². The van der Waals surface area contributed by atoms with E-state index in [9.17, 15) is 0 Å². The molecular formula is C12H12N4OS. The largest absolute Gasteiger partial charge is 0.494 e. The Labute approximate surface area is 108 Å². The molecule has 0 fully saturated rings. The van der Waals surface area contributed by atoms with E-state index >= 15 is 0 Å². The molecule has 3 N–H and O–H groups in total. The predicted octanol–water partition coefficient (Wildman–Crippen LogP) is 2.67. The number of anilines is 1. The number of benzene rings is 1.